The zero-order chi connectivity index (χ0) is 11.4. The summed E-state index contributed by atoms with van der Waals surface area (Å²) in [6.07, 6.45) is 0.209. The molecule has 2 N–H and O–H groups in total. The molecular weight excluding hydrogens is 200 g/mol. The van der Waals surface area contributed by atoms with Gasteiger partial charge in [-0.25, -0.2) is 0 Å². The summed E-state index contributed by atoms with van der Waals surface area (Å²) in [7, 11) is 0. The van der Waals surface area contributed by atoms with Gasteiger partial charge in [0.1, 0.15) is 0 Å². The molecule has 1 unspecified atom stereocenters. The number of nitrogens with two attached hydrogens (primary N) is 1. The fourth-order valence-electron chi connectivity index (χ4n) is 2.07. The van der Waals surface area contributed by atoms with E-state index in [1.807, 2.05) is 0 Å². The maximum Gasteiger partial charge on any atom is 0.0952 e. The van der Waals surface area contributed by atoms with Gasteiger partial charge < -0.3 is 10.5 Å². The Balaban J connectivity index is 2.01. The zero-order valence-corrected chi connectivity index (χ0v) is 9.86. The SMILES string of the molecule is Cc1ccc(C2CN(CCN)CCO2)cc1. The lowest BCUT2D eigenvalue weighted by Crippen LogP contribution is -2.40. The van der Waals surface area contributed by atoms with E-state index in [2.05, 4.69) is 36.1 Å². The highest BCUT2D eigenvalue weighted by Gasteiger charge is 2.20. The van der Waals surface area contributed by atoms with E-state index in [1.165, 1.54) is 11.1 Å². The molecule has 88 valence electrons. The Hall–Kier alpha value is -0.900. The second-order valence-electron chi connectivity index (χ2n) is 4.36. The first kappa shape index (κ1) is 11.6. The van der Waals surface area contributed by atoms with Crippen LogP contribution in [0, 0.1) is 6.92 Å². The molecular formula is C13H20N2O. The van der Waals surface area contributed by atoms with Gasteiger partial charge in [0.25, 0.3) is 0 Å². The number of ether oxygens (including phenoxy) is 1. The van der Waals surface area contributed by atoms with Crippen molar-refractivity contribution in [1.29, 1.82) is 0 Å². The van der Waals surface area contributed by atoms with E-state index in [9.17, 15) is 0 Å². The van der Waals surface area contributed by atoms with E-state index in [0.29, 0.717) is 0 Å². The van der Waals surface area contributed by atoms with Crippen LogP contribution in [0.3, 0.4) is 0 Å². The monoisotopic (exact) mass is 220 g/mol. The number of benzene rings is 1. The molecule has 1 aromatic carbocycles. The Morgan fingerprint density at radius 2 is 2.12 bits per heavy atom. The minimum atomic E-state index is 0.209. The number of hydrogen-bond acceptors (Lipinski definition) is 3. The predicted octanol–water partition coefficient (Wildman–Crippen LogP) is 1.33. The van der Waals surface area contributed by atoms with Crippen molar-refractivity contribution in [2.45, 2.75) is 13.0 Å². The van der Waals surface area contributed by atoms with Gasteiger partial charge in [0.05, 0.1) is 12.7 Å². The van der Waals surface area contributed by atoms with Crippen LogP contribution in [0.4, 0.5) is 0 Å². The number of hydrogen-bond donors (Lipinski definition) is 1. The maximum atomic E-state index is 5.80. The van der Waals surface area contributed by atoms with E-state index in [0.717, 1.165) is 32.8 Å². The van der Waals surface area contributed by atoms with Crippen molar-refractivity contribution in [1.82, 2.24) is 4.90 Å². The quantitative estimate of drug-likeness (QED) is 0.835. The van der Waals surface area contributed by atoms with Crippen molar-refractivity contribution >= 4 is 0 Å². The van der Waals surface area contributed by atoms with Crippen LogP contribution in [0.5, 0.6) is 0 Å². The van der Waals surface area contributed by atoms with E-state index in [4.69, 9.17) is 10.5 Å². The highest BCUT2D eigenvalue weighted by Crippen LogP contribution is 2.22. The Kier molecular flexibility index (Phi) is 3.93. The highest BCUT2D eigenvalue weighted by atomic mass is 16.5. The lowest BCUT2D eigenvalue weighted by atomic mass is 10.1. The van der Waals surface area contributed by atoms with Crippen LogP contribution >= 0.6 is 0 Å². The average molecular weight is 220 g/mol. The third-order valence-electron chi connectivity index (χ3n) is 3.05. The van der Waals surface area contributed by atoms with Crippen LogP contribution in [-0.4, -0.2) is 37.7 Å². The lowest BCUT2D eigenvalue weighted by molar-refractivity contribution is -0.0288. The zero-order valence-electron chi connectivity index (χ0n) is 9.86. The molecule has 1 atom stereocenters. The lowest BCUT2D eigenvalue weighted by Gasteiger charge is -2.32. The molecule has 0 saturated carbocycles. The largest absolute Gasteiger partial charge is 0.371 e. The van der Waals surface area contributed by atoms with Crippen LogP contribution < -0.4 is 5.73 Å². The van der Waals surface area contributed by atoms with Gasteiger partial charge in [-0.1, -0.05) is 29.8 Å². The Morgan fingerprint density at radius 3 is 2.81 bits per heavy atom. The van der Waals surface area contributed by atoms with Gasteiger partial charge in [-0.2, -0.15) is 0 Å². The maximum absolute atomic E-state index is 5.80. The normalized spacial score (nSPS) is 22.2. The molecule has 1 heterocycles. The molecule has 16 heavy (non-hydrogen) atoms. The van der Waals surface area contributed by atoms with Crippen LogP contribution in [0.15, 0.2) is 24.3 Å². The number of aryl methyl sites for hydroxylation is 1. The number of nitrogens with zero attached hydrogens (tertiary/aromatic N) is 1. The first-order valence-electron chi connectivity index (χ1n) is 5.90. The molecule has 0 radical (unpaired) electrons. The minimum Gasteiger partial charge on any atom is -0.371 e. The summed E-state index contributed by atoms with van der Waals surface area (Å²) in [6, 6.07) is 8.60. The number of morpholine rings is 1. The first-order valence-corrected chi connectivity index (χ1v) is 5.90. The molecule has 1 aromatic rings. The fraction of sp³-hybridized carbons (Fsp3) is 0.538. The third-order valence-corrected chi connectivity index (χ3v) is 3.05. The van der Waals surface area contributed by atoms with Crippen molar-refractivity contribution < 1.29 is 4.74 Å². The van der Waals surface area contributed by atoms with Crippen LogP contribution in [-0.2, 0) is 4.74 Å². The molecule has 0 aliphatic carbocycles. The standard InChI is InChI=1S/C13H20N2O/c1-11-2-4-12(5-3-11)13-10-15(7-6-14)8-9-16-13/h2-5,13H,6-10,14H2,1H3. The third kappa shape index (κ3) is 2.82. The fourth-order valence-corrected chi connectivity index (χ4v) is 2.07. The Labute approximate surface area is 97.2 Å². The van der Waals surface area contributed by atoms with Crippen LogP contribution in [0.25, 0.3) is 0 Å². The summed E-state index contributed by atoms with van der Waals surface area (Å²) >= 11 is 0. The van der Waals surface area contributed by atoms with Gasteiger partial charge in [-0.15, -0.1) is 0 Å². The molecule has 2 rings (SSSR count). The van der Waals surface area contributed by atoms with E-state index >= 15 is 0 Å². The van der Waals surface area contributed by atoms with Crippen molar-refractivity contribution in [3.8, 4) is 0 Å². The minimum absolute atomic E-state index is 0.209. The summed E-state index contributed by atoms with van der Waals surface area (Å²) in [5.41, 5.74) is 8.14. The smallest absolute Gasteiger partial charge is 0.0952 e. The predicted molar refractivity (Wildman–Crippen MR) is 65.4 cm³/mol. The molecule has 0 spiro atoms. The highest BCUT2D eigenvalue weighted by molar-refractivity contribution is 5.23. The molecule has 3 heteroatoms. The van der Waals surface area contributed by atoms with Crippen LogP contribution in [0.1, 0.15) is 17.2 Å². The van der Waals surface area contributed by atoms with Crippen molar-refractivity contribution in [2.75, 3.05) is 32.8 Å². The van der Waals surface area contributed by atoms with Gasteiger partial charge >= 0.3 is 0 Å². The molecule has 1 aliphatic rings. The van der Waals surface area contributed by atoms with Crippen molar-refractivity contribution in [3.63, 3.8) is 0 Å². The summed E-state index contributed by atoms with van der Waals surface area (Å²) in [5, 5.41) is 0. The van der Waals surface area contributed by atoms with Crippen molar-refractivity contribution in [3.05, 3.63) is 35.4 Å². The first-order chi connectivity index (χ1) is 7.79. The van der Waals surface area contributed by atoms with E-state index < -0.39 is 0 Å². The van der Waals surface area contributed by atoms with Crippen molar-refractivity contribution in [2.24, 2.45) is 5.73 Å². The summed E-state index contributed by atoms with van der Waals surface area (Å²) < 4.78 is 5.80. The summed E-state index contributed by atoms with van der Waals surface area (Å²) in [6.45, 7) is 6.55. The second-order valence-corrected chi connectivity index (χ2v) is 4.36. The topological polar surface area (TPSA) is 38.5 Å². The molecule has 0 aromatic heterocycles. The van der Waals surface area contributed by atoms with Crippen LogP contribution in [0.2, 0.25) is 0 Å². The van der Waals surface area contributed by atoms with Gasteiger partial charge in [0, 0.05) is 26.2 Å². The van der Waals surface area contributed by atoms with Gasteiger partial charge in [-0.05, 0) is 12.5 Å². The molecule has 1 saturated heterocycles. The molecule has 0 bridgehead atoms. The molecule has 0 amide bonds. The average Bonchev–Trinajstić information content (AvgIpc) is 2.31. The Bertz CT molecular complexity index is 321. The molecule has 1 aliphatic heterocycles. The molecule has 3 nitrogen and oxygen atoms in total. The van der Waals surface area contributed by atoms with E-state index in [-0.39, 0.29) is 6.10 Å². The summed E-state index contributed by atoms with van der Waals surface area (Å²) in [5.74, 6) is 0. The molecule has 1 fully saturated rings. The Morgan fingerprint density at radius 1 is 1.38 bits per heavy atom. The van der Waals surface area contributed by atoms with E-state index in [1.54, 1.807) is 0 Å². The number of rotatable bonds is 3. The van der Waals surface area contributed by atoms with Gasteiger partial charge in [-0.3, -0.25) is 4.90 Å². The second kappa shape index (κ2) is 5.43. The van der Waals surface area contributed by atoms with Gasteiger partial charge in [0.15, 0.2) is 0 Å². The van der Waals surface area contributed by atoms with Gasteiger partial charge in [0.2, 0.25) is 0 Å². The summed E-state index contributed by atoms with van der Waals surface area (Å²) in [4.78, 5) is 2.37.